The molecule has 1 N–H and O–H groups in total. The second-order valence-corrected chi connectivity index (χ2v) is 6.52. The summed E-state index contributed by atoms with van der Waals surface area (Å²) in [7, 11) is 1.31. The zero-order valence-corrected chi connectivity index (χ0v) is 16.9. The maximum Gasteiger partial charge on any atom is 0.387 e. The molecule has 2 aromatic carbocycles. The molecule has 2 aromatic rings. The van der Waals surface area contributed by atoms with E-state index < -0.39 is 25.1 Å². The lowest BCUT2D eigenvalue weighted by molar-refractivity contribution is -0.142. The average Bonchev–Trinajstić information content (AvgIpc) is 2.71. The molecule has 0 fully saturated rings. The lowest BCUT2D eigenvalue weighted by Gasteiger charge is -2.13. The smallest absolute Gasteiger partial charge is 0.387 e. The molecule has 2 rings (SSSR count). The zero-order valence-electron chi connectivity index (χ0n) is 16.9. The molecule has 0 spiro atoms. The topological polar surface area (TPSA) is 73.9 Å². The monoisotopic (exact) mass is 419 g/mol. The number of benzene rings is 2. The van der Waals surface area contributed by atoms with Gasteiger partial charge < -0.3 is 19.5 Å². The molecule has 0 aromatic heterocycles. The van der Waals surface area contributed by atoms with Crippen LogP contribution in [-0.2, 0) is 14.3 Å². The first-order chi connectivity index (χ1) is 14.3. The van der Waals surface area contributed by atoms with Crippen molar-refractivity contribution in [1.82, 2.24) is 0 Å². The summed E-state index contributed by atoms with van der Waals surface area (Å²) in [5, 5.41) is 2.73. The van der Waals surface area contributed by atoms with Gasteiger partial charge in [-0.15, -0.1) is 0 Å². The van der Waals surface area contributed by atoms with Crippen molar-refractivity contribution in [3.05, 3.63) is 59.7 Å². The molecule has 8 heteroatoms. The molecular formula is C22H23F2NO5. The highest BCUT2D eigenvalue weighted by molar-refractivity contribution is 5.95. The van der Waals surface area contributed by atoms with E-state index in [1.807, 2.05) is 32.0 Å². The Hall–Kier alpha value is -3.42. The van der Waals surface area contributed by atoms with Crippen molar-refractivity contribution < 1.29 is 32.6 Å². The quantitative estimate of drug-likeness (QED) is 0.474. The number of para-hydroxylation sites is 1. The minimum Gasteiger partial charge on any atom is -0.493 e. The number of nitrogens with one attached hydrogen (secondary N) is 1. The van der Waals surface area contributed by atoms with Crippen LogP contribution in [0.2, 0.25) is 0 Å². The Kier molecular flexibility index (Phi) is 8.34. The number of carbonyl (C=O) groups is 2. The molecule has 0 heterocycles. The van der Waals surface area contributed by atoms with Crippen molar-refractivity contribution in [2.45, 2.75) is 26.4 Å². The van der Waals surface area contributed by atoms with Crippen molar-refractivity contribution in [3.63, 3.8) is 0 Å². The van der Waals surface area contributed by atoms with Crippen LogP contribution in [0.3, 0.4) is 0 Å². The minimum absolute atomic E-state index is 0.0917. The fourth-order valence-electron chi connectivity index (χ4n) is 2.63. The fraction of sp³-hybridized carbons (Fsp3) is 0.273. The van der Waals surface area contributed by atoms with Crippen LogP contribution in [0.4, 0.5) is 14.5 Å². The molecule has 0 saturated carbocycles. The van der Waals surface area contributed by atoms with Crippen LogP contribution in [0.15, 0.2) is 48.5 Å². The molecular weight excluding hydrogens is 396 g/mol. The molecule has 0 bridgehead atoms. The molecule has 1 amide bonds. The van der Waals surface area contributed by atoms with Gasteiger partial charge in [-0.3, -0.25) is 4.79 Å². The van der Waals surface area contributed by atoms with Crippen molar-refractivity contribution in [1.29, 1.82) is 0 Å². The largest absolute Gasteiger partial charge is 0.493 e. The highest BCUT2D eigenvalue weighted by atomic mass is 19.3. The number of halogens is 2. The van der Waals surface area contributed by atoms with Gasteiger partial charge in [-0.05, 0) is 41.3 Å². The first-order valence-corrected chi connectivity index (χ1v) is 9.16. The van der Waals surface area contributed by atoms with E-state index in [-0.39, 0.29) is 17.4 Å². The van der Waals surface area contributed by atoms with Crippen LogP contribution in [-0.4, -0.2) is 32.2 Å². The normalized spacial score (nSPS) is 11.0. The Labute approximate surface area is 173 Å². The number of esters is 1. The van der Waals surface area contributed by atoms with E-state index in [9.17, 15) is 18.4 Å². The van der Waals surface area contributed by atoms with E-state index >= 15 is 0 Å². The summed E-state index contributed by atoms with van der Waals surface area (Å²) in [5.74, 6) is -0.991. The van der Waals surface area contributed by atoms with Gasteiger partial charge in [0.15, 0.2) is 18.1 Å². The van der Waals surface area contributed by atoms with Gasteiger partial charge in [0.25, 0.3) is 5.91 Å². The van der Waals surface area contributed by atoms with Gasteiger partial charge in [-0.1, -0.05) is 38.1 Å². The van der Waals surface area contributed by atoms with Gasteiger partial charge in [0.1, 0.15) is 0 Å². The molecule has 0 unspecified atom stereocenters. The van der Waals surface area contributed by atoms with E-state index in [1.165, 1.54) is 31.4 Å². The van der Waals surface area contributed by atoms with Crippen molar-refractivity contribution in [3.8, 4) is 11.5 Å². The Morgan fingerprint density at radius 1 is 1.10 bits per heavy atom. The maximum absolute atomic E-state index is 12.4. The molecule has 0 atom stereocenters. The Morgan fingerprint density at radius 2 is 1.83 bits per heavy atom. The predicted molar refractivity (Wildman–Crippen MR) is 109 cm³/mol. The van der Waals surface area contributed by atoms with Crippen LogP contribution < -0.4 is 14.8 Å². The summed E-state index contributed by atoms with van der Waals surface area (Å²) < 4.78 is 39.0. The molecule has 0 saturated heterocycles. The van der Waals surface area contributed by atoms with E-state index in [4.69, 9.17) is 9.47 Å². The van der Waals surface area contributed by atoms with Crippen molar-refractivity contribution >= 4 is 23.6 Å². The number of anilines is 1. The summed E-state index contributed by atoms with van der Waals surface area (Å²) in [6.45, 7) is 0.600. The summed E-state index contributed by atoms with van der Waals surface area (Å²) in [6.07, 6.45) is 2.53. The van der Waals surface area contributed by atoms with Gasteiger partial charge in [0.2, 0.25) is 0 Å². The average molecular weight is 419 g/mol. The number of amides is 1. The number of alkyl halides is 2. The van der Waals surface area contributed by atoms with Gasteiger partial charge in [0, 0.05) is 11.8 Å². The third kappa shape index (κ3) is 6.88. The third-order valence-corrected chi connectivity index (χ3v) is 4.02. The van der Waals surface area contributed by atoms with Gasteiger partial charge in [-0.2, -0.15) is 8.78 Å². The number of rotatable bonds is 9. The second kappa shape index (κ2) is 10.9. The van der Waals surface area contributed by atoms with Crippen LogP contribution in [0.5, 0.6) is 11.5 Å². The number of ether oxygens (including phenoxy) is 3. The molecule has 0 aliphatic rings. The van der Waals surface area contributed by atoms with Gasteiger partial charge in [-0.25, -0.2) is 4.79 Å². The highest BCUT2D eigenvalue weighted by Gasteiger charge is 2.12. The Balaban J connectivity index is 1.91. The van der Waals surface area contributed by atoms with E-state index in [1.54, 1.807) is 6.07 Å². The standard InChI is InChI=1S/C22H23F2NO5/c1-14(2)16-6-4-5-7-17(16)25-20(26)13-29-21(27)11-9-15-8-10-18(30-22(23)24)19(12-15)28-3/h4-12,14,22H,13H2,1-3H3,(H,25,26)/b11-9+. The number of hydrogen-bond donors (Lipinski definition) is 1. The second-order valence-electron chi connectivity index (χ2n) is 6.52. The van der Waals surface area contributed by atoms with Crippen LogP contribution in [0.25, 0.3) is 6.08 Å². The Morgan fingerprint density at radius 3 is 2.50 bits per heavy atom. The summed E-state index contributed by atoms with van der Waals surface area (Å²) in [5.41, 5.74) is 2.15. The van der Waals surface area contributed by atoms with Crippen LogP contribution in [0, 0.1) is 0 Å². The minimum atomic E-state index is -2.98. The number of methoxy groups -OCH3 is 1. The fourth-order valence-corrected chi connectivity index (χ4v) is 2.63. The third-order valence-electron chi connectivity index (χ3n) is 4.02. The lowest BCUT2D eigenvalue weighted by Crippen LogP contribution is -2.21. The van der Waals surface area contributed by atoms with Crippen molar-refractivity contribution in [2.24, 2.45) is 0 Å². The SMILES string of the molecule is COc1cc(/C=C/C(=O)OCC(=O)Nc2ccccc2C(C)C)ccc1OC(F)F. The predicted octanol–water partition coefficient (Wildman–Crippen LogP) is 4.62. The molecule has 160 valence electrons. The molecule has 0 radical (unpaired) electrons. The van der Waals surface area contributed by atoms with E-state index in [0.717, 1.165) is 11.6 Å². The zero-order chi connectivity index (χ0) is 22.1. The van der Waals surface area contributed by atoms with E-state index in [0.29, 0.717) is 11.3 Å². The summed E-state index contributed by atoms with van der Waals surface area (Å²) in [6, 6.07) is 11.6. The first-order valence-electron chi connectivity index (χ1n) is 9.16. The van der Waals surface area contributed by atoms with Crippen molar-refractivity contribution in [2.75, 3.05) is 19.0 Å². The summed E-state index contributed by atoms with van der Waals surface area (Å²) >= 11 is 0. The molecule has 30 heavy (non-hydrogen) atoms. The van der Waals surface area contributed by atoms with Crippen LogP contribution in [0.1, 0.15) is 30.9 Å². The lowest BCUT2D eigenvalue weighted by atomic mass is 10.0. The van der Waals surface area contributed by atoms with Gasteiger partial charge in [0.05, 0.1) is 7.11 Å². The van der Waals surface area contributed by atoms with Crippen LogP contribution >= 0.6 is 0 Å². The number of hydrogen-bond acceptors (Lipinski definition) is 5. The first kappa shape index (κ1) is 22.9. The summed E-state index contributed by atoms with van der Waals surface area (Å²) in [4.78, 5) is 23.9. The van der Waals surface area contributed by atoms with E-state index in [2.05, 4.69) is 10.1 Å². The molecule has 0 aliphatic heterocycles. The maximum atomic E-state index is 12.4. The Bertz CT molecular complexity index is 912. The molecule has 6 nitrogen and oxygen atoms in total. The highest BCUT2D eigenvalue weighted by Crippen LogP contribution is 2.30. The number of carbonyl (C=O) groups excluding carboxylic acids is 2. The molecule has 0 aliphatic carbocycles. The van der Waals surface area contributed by atoms with Gasteiger partial charge >= 0.3 is 12.6 Å².